The molecule has 132 valence electrons. The molecule has 5 nitrogen and oxygen atoms in total. The lowest BCUT2D eigenvalue weighted by Crippen LogP contribution is -2.45. The highest BCUT2D eigenvalue weighted by Crippen LogP contribution is 2.57. The Balaban J connectivity index is 2.12. The largest absolute Gasteiger partial charge is 0.457 e. The second kappa shape index (κ2) is 6.52. The van der Waals surface area contributed by atoms with Crippen LogP contribution < -0.4 is 0 Å². The Hall–Kier alpha value is -0.940. The fourth-order valence-corrected chi connectivity index (χ4v) is 4.07. The number of ketones is 1. The molecule has 1 aliphatic heterocycles. The van der Waals surface area contributed by atoms with Gasteiger partial charge in [0.1, 0.15) is 11.9 Å². The molecule has 0 aromatic rings. The maximum absolute atomic E-state index is 12.7. The van der Waals surface area contributed by atoms with Crippen LogP contribution in [0.2, 0.25) is 0 Å². The van der Waals surface area contributed by atoms with Gasteiger partial charge < -0.3 is 14.2 Å². The maximum atomic E-state index is 12.7. The summed E-state index contributed by atoms with van der Waals surface area (Å²) in [5.41, 5.74) is -0.912. The number of hydrogen-bond donors (Lipinski definition) is 0. The Kier molecular flexibility index (Phi) is 5.21. The summed E-state index contributed by atoms with van der Waals surface area (Å²) in [6.45, 7) is 10.7. The monoisotopic (exact) mass is 326 g/mol. The smallest absolute Gasteiger partial charge is 0.309 e. The molecule has 1 saturated carbocycles. The lowest BCUT2D eigenvalue weighted by molar-refractivity contribution is -0.164. The van der Waals surface area contributed by atoms with Gasteiger partial charge in [0, 0.05) is 18.4 Å². The van der Waals surface area contributed by atoms with Crippen LogP contribution in [0.15, 0.2) is 0 Å². The number of hydrogen-bond acceptors (Lipinski definition) is 5. The molecular formula is C18H30O5. The van der Waals surface area contributed by atoms with E-state index < -0.39 is 10.8 Å². The summed E-state index contributed by atoms with van der Waals surface area (Å²) in [5, 5.41) is 0. The van der Waals surface area contributed by atoms with Gasteiger partial charge in [0.15, 0.2) is 6.10 Å². The Morgan fingerprint density at radius 2 is 1.74 bits per heavy atom. The number of Topliss-reactive ketones (excluding diaryl/α,β-unsaturated/α-hetero) is 1. The highest BCUT2D eigenvalue weighted by molar-refractivity contribution is 5.89. The molecule has 4 atom stereocenters. The zero-order valence-corrected chi connectivity index (χ0v) is 15.2. The maximum Gasteiger partial charge on any atom is 0.309 e. The predicted octanol–water partition coefficient (Wildman–Crippen LogP) is 2.61. The first-order valence-corrected chi connectivity index (χ1v) is 8.50. The van der Waals surface area contributed by atoms with Crippen molar-refractivity contribution in [2.45, 2.75) is 59.7 Å². The van der Waals surface area contributed by atoms with Crippen LogP contribution in [0.25, 0.3) is 0 Å². The molecule has 1 saturated heterocycles. The van der Waals surface area contributed by atoms with Crippen LogP contribution in [0.1, 0.15) is 47.5 Å². The molecule has 2 fully saturated rings. The molecule has 0 aromatic carbocycles. The Bertz CT molecular complexity index is 470. The van der Waals surface area contributed by atoms with Crippen molar-refractivity contribution >= 4 is 11.8 Å². The van der Waals surface area contributed by atoms with Crippen molar-refractivity contribution in [3.63, 3.8) is 0 Å². The van der Waals surface area contributed by atoms with E-state index in [-0.39, 0.29) is 35.8 Å². The van der Waals surface area contributed by atoms with E-state index in [4.69, 9.17) is 14.2 Å². The van der Waals surface area contributed by atoms with Crippen molar-refractivity contribution < 1.29 is 23.8 Å². The predicted molar refractivity (Wildman–Crippen MR) is 86.0 cm³/mol. The van der Waals surface area contributed by atoms with Gasteiger partial charge in [-0.05, 0) is 18.3 Å². The fourth-order valence-electron chi connectivity index (χ4n) is 4.07. The molecular weight excluding hydrogens is 296 g/mol. The Morgan fingerprint density at radius 3 is 2.30 bits per heavy atom. The van der Waals surface area contributed by atoms with Crippen molar-refractivity contribution in [2.24, 2.45) is 22.7 Å². The van der Waals surface area contributed by atoms with Gasteiger partial charge in [-0.1, -0.05) is 34.6 Å². The minimum Gasteiger partial charge on any atom is -0.457 e. The molecule has 2 unspecified atom stereocenters. The molecule has 0 radical (unpaired) electrons. The van der Waals surface area contributed by atoms with Gasteiger partial charge in [0.05, 0.1) is 19.1 Å². The summed E-state index contributed by atoms with van der Waals surface area (Å²) >= 11 is 0. The first-order chi connectivity index (χ1) is 10.6. The number of methoxy groups -OCH3 is 1. The highest BCUT2D eigenvalue weighted by atomic mass is 16.6. The van der Waals surface area contributed by atoms with Crippen LogP contribution in [0, 0.1) is 22.7 Å². The molecule has 0 spiro atoms. The average Bonchev–Trinajstić information content (AvgIpc) is 3.01. The van der Waals surface area contributed by atoms with Gasteiger partial charge in [-0.15, -0.1) is 0 Å². The number of carbonyl (C=O) groups is 2. The van der Waals surface area contributed by atoms with Crippen LogP contribution in [0.4, 0.5) is 0 Å². The third kappa shape index (κ3) is 3.05. The first-order valence-electron chi connectivity index (χ1n) is 8.50. The summed E-state index contributed by atoms with van der Waals surface area (Å²) in [4.78, 5) is 25.4. The molecule has 0 bridgehead atoms. The standard InChI is InChI=1S/C18H30O5/c1-11(2)15(19)18(5)8-7-12(17(18,3)4)16(20)23-14-10-22-9-13(14)21-6/h11-14H,7-10H2,1-6H3/t12?,13-,14+,18?/m1/s1. The zero-order valence-electron chi connectivity index (χ0n) is 15.2. The lowest BCUT2D eigenvalue weighted by Gasteiger charge is -2.41. The van der Waals surface area contributed by atoms with E-state index in [0.717, 1.165) is 6.42 Å². The van der Waals surface area contributed by atoms with Gasteiger partial charge in [0.25, 0.3) is 0 Å². The number of ether oxygens (including phenoxy) is 3. The van der Waals surface area contributed by atoms with Crippen LogP contribution in [-0.4, -0.2) is 44.3 Å². The van der Waals surface area contributed by atoms with Crippen LogP contribution in [0.5, 0.6) is 0 Å². The summed E-state index contributed by atoms with van der Waals surface area (Å²) in [6, 6.07) is 0. The van der Waals surface area contributed by atoms with Crippen molar-refractivity contribution in [3.8, 4) is 0 Å². The molecule has 1 heterocycles. The van der Waals surface area contributed by atoms with Gasteiger partial charge >= 0.3 is 5.97 Å². The first kappa shape index (κ1) is 18.4. The zero-order chi connectivity index (χ0) is 17.4. The molecule has 23 heavy (non-hydrogen) atoms. The molecule has 0 aromatic heterocycles. The third-order valence-corrected chi connectivity index (χ3v) is 6.13. The summed E-state index contributed by atoms with van der Waals surface area (Å²) in [6.07, 6.45) is 0.862. The van der Waals surface area contributed by atoms with Crippen LogP contribution in [0.3, 0.4) is 0 Å². The molecule has 5 heteroatoms. The van der Waals surface area contributed by atoms with Crippen molar-refractivity contribution in [3.05, 3.63) is 0 Å². The minimum atomic E-state index is -0.488. The van der Waals surface area contributed by atoms with Crippen molar-refractivity contribution in [1.29, 1.82) is 0 Å². The van der Waals surface area contributed by atoms with Gasteiger partial charge in [0.2, 0.25) is 0 Å². The normalized spacial score (nSPS) is 36.4. The average molecular weight is 326 g/mol. The van der Waals surface area contributed by atoms with Gasteiger partial charge in [-0.3, -0.25) is 9.59 Å². The molecule has 0 N–H and O–H groups in total. The van der Waals surface area contributed by atoms with E-state index >= 15 is 0 Å². The Morgan fingerprint density at radius 1 is 1.13 bits per heavy atom. The summed E-state index contributed by atoms with van der Waals surface area (Å²) < 4.78 is 16.3. The van der Waals surface area contributed by atoms with E-state index in [1.54, 1.807) is 7.11 Å². The molecule has 1 aliphatic carbocycles. The second-order valence-corrected chi connectivity index (χ2v) is 7.95. The number of esters is 1. The summed E-state index contributed by atoms with van der Waals surface area (Å²) in [7, 11) is 1.60. The van der Waals surface area contributed by atoms with Crippen LogP contribution in [-0.2, 0) is 23.8 Å². The topological polar surface area (TPSA) is 61.8 Å². The molecule has 2 rings (SSSR count). The third-order valence-electron chi connectivity index (χ3n) is 6.13. The van der Waals surface area contributed by atoms with E-state index in [0.29, 0.717) is 19.6 Å². The quantitative estimate of drug-likeness (QED) is 0.727. The van der Waals surface area contributed by atoms with Gasteiger partial charge in [-0.25, -0.2) is 0 Å². The van der Waals surface area contributed by atoms with E-state index in [1.807, 2.05) is 34.6 Å². The fraction of sp³-hybridized carbons (Fsp3) is 0.889. The number of carbonyl (C=O) groups excluding carboxylic acids is 2. The van der Waals surface area contributed by atoms with E-state index in [9.17, 15) is 9.59 Å². The Labute approximate surface area is 139 Å². The molecule has 0 amide bonds. The van der Waals surface area contributed by atoms with Crippen molar-refractivity contribution in [2.75, 3.05) is 20.3 Å². The van der Waals surface area contributed by atoms with Crippen molar-refractivity contribution in [1.82, 2.24) is 0 Å². The van der Waals surface area contributed by atoms with E-state index in [2.05, 4.69) is 0 Å². The second-order valence-electron chi connectivity index (χ2n) is 7.95. The highest BCUT2D eigenvalue weighted by Gasteiger charge is 2.58. The lowest BCUT2D eigenvalue weighted by atomic mass is 9.62. The SMILES string of the molecule is CO[C@@H]1COC[C@@H]1OC(=O)C1CCC(C)(C(=O)C(C)C)C1(C)C. The van der Waals surface area contributed by atoms with Gasteiger partial charge in [-0.2, -0.15) is 0 Å². The minimum absolute atomic E-state index is 0.0323. The van der Waals surface area contributed by atoms with E-state index in [1.165, 1.54) is 0 Å². The van der Waals surface area contributed by atoms with Crippen LogP contribution >= 0.6 is 0 Å². The molecule has 2 aliphatic rings. The summed E-state index contributed by atoms with van der Waals surface area (Å²) in [5.74, 6) is -0.298. The number of rotatable bonds is 5.